The summed E-state index contributed by atoms with van der Waals surface area (Å²) in [4.78, 5) is 15.9. The molecule has 0 radical (unpaired) electrons. The van der Waals surface area contributed by atoms with Gasteiger partial charge in [-0.2, -0.15) is 4.98 Å². The van der Waals surface area contributed by atoms with Gasteiger partial charge in [0.25, 0.3) is 0 Å². The lowest BCUT2D eigenvalue weighted by atomic mass is 10.5. The molecule has 0 aliphatic rings. The van der Waals surface area contributed by atoms with Crippen LogP contribution in [0, 0.1) is 6.92 Å². The minimum Gasteiger partial charge on any atom is -0.357 e. The summed E-state index contributed by atoms with van der Waals surface area (Å²) in [6.07, 6.45) is 1.60. The number of anilines is 1. The Morgan fingerprint density at radius 3 is 2.84 bits per heavy atom. The van der Waals surface area contributed by atoms with Gasteiger partial charge in [-0.3, -0.25) is 0 Å². The van der Waals surface area contributed by atoms with Crippen molar-refractivity contribution in [2.75, 3.05) is 12.4 Å². The molecule has 19 heavy (non-hydrogen) atoms. The molecule has 0 saturated carbocycles. The van der Waals surface area contributed by atoms with Crippen LogP contribution in [0.25, 0.3) is 11.2 Å². The van der Waals surface area contributed by atoms with Gasteiger partial charge in [0.2, 0.25) is 5.95 Å². The predicted octanol–water partition coefficient (Wildman–Crippen LogP) is 0.983. The highest BCUT2D eigenvalue weighted by atomic mass is 32.2. The molecule has 8 nitrogen and oxygen atoms in total. The molecule has 3 rings (SSSR count). The third kappa shape index (κ3) is 2.01. The number of hydrogen-bond donors (Lipinski definition) is 2. The van der Waals surface area contributed by atoms with E-state index in [0.717, 1.165) is 21.5 Å². The van der Waals surface area contributed by atoms with E-state index in [9.17, 15) is 0 Å². The van der Waals surface area contributed by atoms with Crippen molar-refractivity contribution in [2.45, 2.75) is 17.1 Å². The average Bonchev–Trinajstić information content (AvgIpc) is 3.00. The second-order valence-electron chi connectivity index (χ2n) is 3.89. The van der Waals surface area contributed by atoms with E-state index in [1.165, 1.54) is 11.8 Å². The molecule has 0 aliphatic carbocycles. The quantitative estimate of drug-likeness (QED) is 0.688. The summed E-state index contributed by atoms with van der Waals surface area (Å²) in [6, 6.07) is 0. The van der Waals surface area contributed by atoms with Gasteiger partial charge in [0.15, 0.2) is 10.8 Å². The Bertz CT molecular complexity index is 730. The van der Waals surface area contributed by atoms with Gasteiger partial charge < -0.3 is 14.9 Å². The lowest BCUT2D eigenvalue weighted by molar-refractivity contribution is 0.764. The highest BCUT2D eigenvalue weighted by Gasteiger charge is 2.14. The maximum atomic E-state index is 4.43. The standard InChI is InChI=1S/C10H12N8S/c1-5-16-17-10(18(5)3)19-8-6-7(13-4-12-6)14-9(11-2)15-8/h4H,1-3H3,(H2,11,12,13,14,15). The molecule has 3 heterocycles. The fourth-order valence-corrected chi connectivity index (χ4v) is 2.46. The number of aromatic amines is 1. The minimum atomic E-state index is 0.529. The maximum absolute atomic E-state index is 4.43. The Morgan fingerprint density at radius 1 is 1.32 bits per heavy atom. The van der Waals surface area contributed by atoms with E-state index in [0.29, 0.717) is 11.6 Å². The molecule has 98 valence electrons. The summed E-state index contributed by atoms with van der Waals surface area (Å²) in [7, 11) is 3.69. The predicted molar refractivity (Wildman–Crippen MR) is 71.1 cm³/mol. The first-order chi connectivity index (χ1) is 9.19. The number of rotatable bonds is 3. The van der Waals surface area contributed by atoms with Gasteiger partial charge >= 0.3 is 0 Å². The van der Waals surface area contributed by atoms with Gasteiger partial charge in [-0.05, 0) is 18.7 Å². The van der Waals surface area contributed by atoms with E-state index in [1.54, 1.807) is 13.4 Å². The molecule has 0 bridgehead atoms. The van der Waals surface area contributed by atoms with Gasteiger partial charge in [-0.1, -0.05) is 0 Å². The van der Waals surface area contributed by atoms with Crippen molar-refractivity contribution in [1.29, 1.82) is 0 Å². The largest absolute Gasteiger partial charge is 0.357 e. The van der Waals surface area contributed by atoms with Crippen LogP contribution >= 0.6 is 11.8 Å². The minimum absolute atomic E-state index is 0.529. The number of H-pyrrole nitrogens is 1. The molecule has 0 fully saturated rings. The molecule has 0 unspecified atom stereocenters. The molecule has 3 aromatic rings. The number of fused-ring (bicyclic) bond motifs is 1. The van der Waals surface area contributed by atoms with E-state index in [-0.39, 0.29) is 0 Å². The first-order valence-corrected chi connectivity index (χ1v) is 6.43. The zero-order valence-electron chi connectivity index (χ0n) is 10.7. The van der Waals surface area contributed by atoms with Crippen molar-refractivity contribution in [1.82, 2.24) is 34.7 Å². The zero-order valence-corrected chi connectivity index (χ0v) is 11.5. The van der Waals surface area contributed by atoms with Gasteiger partial charge in [0.1, 0.15) is 16.4 Å². The van der Waals surface area contributed by atoms with Gasteiger partial charge in [-0.15, -0.1) is 10.2 Å². The van der Waals surface area contributed by atoms with Crippen LogP contribution in [-0.4, -0.2) is 41.7 Å². The summed E-state index contributed by atoms with van der Waals surface area (Å²) < 4.78 is 1.91. The number of aromatic nitrogens is 7. The fourth-order valence-electron chi connectivity index (χ4n) is 1.56. The summed E-state index contributed by atoms with van der Waals surface area (Å²) in [5, 5.41) is 12.6. The Labute approximate surface area is 113 Å². The number of aryl methyl sites for hydroxylation is 1. The van der Waals surface area contributed by atoms with E-state index >= 15 is 0 Å². The third-order valence-corrected chi connectivity index (χ3v) is 3.74. The zero-order chi connectivity index (χ0) is 13.4. The van der Waals surface area contributed by atoms with Crippen LogP contribution in [0.2, 0.25) is 0 Å². The first kappa shape index (κ1) is 11.9. The molecule has 0 atom stereocenters. The van der Waals surface area contributed by atoms with E-state index in [4.69, 9.17) is 0 Å². The van der Waals surface area contributed by atoms with Crippen molar-refractivity contribution in [3.05, 3.63) is 12.2 Å². The Hall–Kier alpha value is -2.16. The lowest BCUT2D eigenvalue weighted by Gasteiger charge is -2.04. The molecule has 3 aromatic heterocycles. The van der Waals surface area contributed by atoms with Crippen LogP contribution in [-0.2, 0) is 7.05 Å². The van der Waals surface area contributed by atoms with Crippen molar-refractivity contribution in [3.63, 3.8) is 0 Å². The molecule has 2 N–H and O–H groups in total. The molecule has 0 spiro atoms. The summed E-state index contributed by atoms with van der Waals surface area (Å²) in [6.45, 7) is 1.90. The number of imidazole rings is 1. The first-order valence-electron chi connectivity index (χ1n) is 5.61. The second kappa shape index (κ2) is 4.50. The normalized spacial score (nSPS) is 11.1. The molecule has 0 aliphatic heterocycles. The topological polar surface area (TPSA) is 97.2 Å². The van der Waals surface area contributed by atoms with Gasteiger partial charge in [0.05, 0.1) is 6.33 Å². The van der Waals surface area contributed by atoms with E-state index in [2.05, 4.69) is 35.5 Å². The number of hydrogen-bond acceptors (Lipinski definition) is 7. The van der Waals surface area contributed by atoms with E-state index in [1.807, 2.05) is 18.5 Å². The van der Waals surface area contributed by atoms with Crippen LogP contribution in [0.3, 0.4) is 0 Å². The summed E-state index contributed by atoms with van der Waals surface area (Å²) >= 11 is 1.43. The van der Waals surface area contributed by atoms with Gasteiger partial charge in [0, 0.05) is 14.1 Å². The van der Waals surface area contributed by atoms with Crippen LogP contribution in [0.15, 0.2) is 16.5 Å². The van der Waals surface area contributed by atoms with Crippen molar-refractivity contribution in [2.24, 2.45) is 7.05 Å². The van der Waals surface area contributed by atoms with E-state index < -0.39 is 0 Å². The fraction of sp³-hybridized carbons (Fsp3) is 0.300. The monoisotopic (exact) mass is 276 g/mol. The third-order valence-electron chi connectivity index (χ3n) is 2.72. The molecular formula is C10H12N8S. The lowest BCUT2D eigenvalue weighted by Crippen LogP contribution is -1.99. The van der Waals surface area contributed by atoms with Crippen LogP contribution in [0.1, 0.15) is 5.82 Å². The second-order valence-corrected chi connectivity index (χ2v) is 4.85. The Kier molecular flexibility index (Phi) is 2.82. The number of nitrogens with one attached hydrogen (secondary N) is 2. The van der Waals surface area contributed by atoms with Crippen LogP contribution in [0.4, 0.5) is 5.95 Å². The van der Waals surface area contributed by atoms with Crippen LogP contribution in [0.5, 0.6) is 0 Å². The highest BCUT2D eigenvalue weighted by molar-refractivity contribution is 7.99. The van der Waals surface area contributed by atoms with Crippen molar-refractivity contribution < 1.29 is 0 Å². The van der Waals surface area contributed by atoms with Gasteiger partial charge in [-0.25, -0.2) is 9.97 Å². The smallest absolute Gasteiger partial charge is 0.225 e. The molecule has 9 heteroatoms. The maximum Gasteiger partial charge on any atom is 0.225 e. The molecule has 0 amide bonds. The Morgan fingerprint density at radius 2 is 2.16 bits per heavy atom. The van der Waals surface area contributed by atoms with Crippen molar-refractivity contribution >= 4 is 28.9 Å². The SMILES string of the molecule is CNc1nc(Sc2nnc(C)n2C)c2[nH]cnc2n1. The highest BCUT2D eigenvalue weighted by Crippen LogP contribution is 2.29. The van der Waals surface area contributed by atoms with Crippen LogP contribution < -0.4 is 5.32 Å². The number of nitrogens with zero attached hydrogens (tertiary/aromatic N) is 6. The molecule has 0 aromatic carbocycles. The average molecular weight is 276 g/mol. The summed E-state index contributed by atoms with van der Waals surface area (Å²) in [5.41, 5.74) is 1.42. The Balaban J connectivity index is 2.08. The molecule has 0 saturated heterocycles. The molecular weight excluding hydrogens is 264 g/mol. The summed E-state index contributed by atoms with van der Waals surface area (Å²) in [5.74, 6) is 1.38. The van der Waals surface area contributed by atoms with Crippen molar-refractivity contribution in [3.8, 4) is 0 Å².